The number of halogens is 4. The minimum atomic E-state index is -3.74. The van der Waals surface area contributed by atoms with Crippen LogP contribution in [0.3, 0.4) is 0 Å². The van der Waals surface area contributed by atoms with Crippen molar-refractivity contribution in [1.82, 2.24) is 19.8 Å². The second kappa shape index (κ2) is 27.2. The van der Waals surface area contributed by atoms with Gasteiger partial charge in [0.05, 0.1) is 55.2 Å². The highest BCUT2D eigenvalue weighted by atomic mass is 35.5. The van der Waals surface area contributed by atoms with Crippen molar-refractivity contribution >= 4 is 78.0 Å². The molecule has 70 heavy (non-hydrogen) atoms. The Morgan fingerprint density at radius 2 is 1.06 bits per heavy atom. The van der Waals surface area contributed by atoms with Crippen LogP contribution in [0, 0.1) is 0 Å². The number of carbonyl (C=O) groups excluding carboxylic acids is 2. The third-order valence-corrected chi connectivity index (χ3v) is 16.6. The number of sulfonamides is 1. The largest absolute Gasteiger partial charge is 0.379 e. The summed E-state index contributed by atoms with van der Waals surface area (Å²) in [5, 5.41) is 5.13. The van der Waals surface area contributed by atoms with Crippen molar-refractivity contribution < 1.29 is 45.4 Å². The van der Waals surface area contributed by atoms with Gasteiger partial charge in [-0.15, -0.1) is 0 Å². The number of hydrogen-bond donors (Lipinski definition) is 2. The smallest absolute Gasteiger partial charge is 0.240 e. The summed E-state index contributed by atoms with van der Waals surface area (Å²) in [6, 6.07) is 21.3. The molecule has 0 spiro atoms. The van der Waals surface area contributed by atoms with E-state index < -0.39 is 19.9 Å². The van der Waals surface area contributed by atoms with Crippen molar-refractivity contribution in [1.29, 1.82) is 0 Å². The Morgan fingerprint density at radius 3 is 1.59 bits per heavy atom. The zero-order valence-electron chi connectivity index (χ0n) is 39.5. The van der Waals surface area contributed by atoms with Crippen LogP contribution >= 0.6 is 46.4 Å². The van der Waals surface area contributed by atoms with Crippen LogP contribution in [0.2, 0.25) is 20.1 Å². The molecule has 0 fully saturated rings. The molecule has 2 aliphatic heterocycles. The molecule has 2 heterocycles. The van der Waals surface area contributed by atoms with Crippen LogP contribution in [0.15, 0.2) is 82.6 Å². The predicted molar refractivity (Wildman–Crippen MR) is 274 cm³/mol. The molecule has 0 aliphatic carbocycles. The van der Waals surface area contributed by atoms with E-state index in [1.807, 2.05) is 50.5 Å². The number of ether oxygens (including phenoxy) is 4. The molecule has 4 aromatic carbocycles. The number of sulfone groups is 1. The van der Waals surface area contributed by atoms with Gasteiger partial charge < -0.3 is 34.1 Å². The Bertz CT molecular complexity index is 2430. The Labute approximate surface area is 432 Å². The molecule has 2 atom stereocenters. The summed E-state index contributed by atoms with van der Waals surface area (Å²) >= 11 is 25.6. The van der Waals surface area contributed by atoms with E-state index in [9.17, 15) is 26.4 Å². The van der Waals surface area contributed by atoms with Gasteiger partial charge in [0.15, 0.2) is 9.84 Å². The van der Waals surface area contributed by atoms with Gasteiger partial charge in [0.2, 0.25) is 15.9 Å². The first-order valence-corrected chi connectivity index (χ1v) is 28.0. The van der Waals surface area contributed by atoms with E-state index in [1.165, 1.54) is 0 Å². The van der Waals surface area contributed by atoms with Gasteiger partial charge in [-0.2, -0.15) is 0 Å². The Morgan fingerprint density at radius 1 is 0.586 bits per heavy atom. The van der Waals surface area contributed by atoms with Crippen LogP contribution < -0.4 is 10.0 Å². The van der Waals surface area contributed by atoms with Gasteiger partial charge in [-0.05, 0) is 109 Å². The molecular weight excluding hydrogens is 1020 g/mol. The molecule has 6 rings (SSSR count). The minimum Gasteiger partial charge on any atom is -0.379 e. The fraction of sp³-hybridized carbons (Fsp3) is 0.480. The second-order valence-corrected chi connectivity index (χ2v) is 23.1. The molecule has 2 N–H and O–H groups in total. The monoisotopic (exact) mass is 1080 g/mol. The SMILES string of the molecule is CN1Cc2c(Cl)cc(Cl)cc2C(c2ccc(S(=O)(=O)CCCOCCOCCNC(=O)CCC(=O)CCCOCCOCCNS(=O)(=O)c3ccc(C4CN(C)Cc5c(Cl)cc(Cl)cc54)cc3)cc2)C1. The van der Waals surface area contributed by atoms with E-state index in [1.54, 1.807) is 36.4 Å². The fourth-order valence-corrected chi connectivity index (χ4v) is 12.0. The number of hydrogen-bond acceptors (Lipinski definition) is 12. The van der Waals surface area contributed by atoms with Gasteiger partial charge >= 0.3 is 0 Å². The lowest BCUT2D eigenvalue weighted by atomic mass is 9.85. The third-order valence-electron chi connectivity index (χ3n) is 12.1. The van der Waals surface area contributed by atoms with Crippen molar-refractivity contribution in [3.05, 3.63) is 126 Å². The van der Waals surface area contributed by atoms with Gasteiger partial charge in [-0.25, -0.2) is 21.6 Å². The van der Waals surface area contributed by atoms with Crippen LogP contribution in [-0.4, -0.2) is 137 Å². The van der Waals surface area contributed by atoms with E-state index in [0.717, 1.165) is 53.0 Å². The van der Waals surface area contributed by atoms with Crippen LogP contribution in [0.1, 0.15) is 77.3 Å². The summed E-state index contributed by atoms with van der Waals surface area (Å²) in [6.45, 7) is 5.48. The maximum Gasteiger partial charge on any atom is 0.240 e. The zero-order chi connectivity index (χ0) is 50.3. The molecule has 2 aliphatic rings. The quantitative estimate of drug-likeness (QED) is 0.0528. The van der Waals surface area contributed by atoms with Crippen LogP contribution in [0.5, 0.6) is 0 Å². The molecule has 1 amide bonds. The van der Waals surface area contributed by atoms with E-state index in [0.29, 0.717) is 52.7 Å². The molecule has 20 heteroatoms. The second-order valence-electron chi connectivity index (χ2n) is 17.6. The summed E-state index contributed by atoms with van der Waals surface area (Å²) < 4.78 is 76.6. The van der Waals surface area contributed by atoms with Gasteiger partial charge in [0.25, 0.3) is 0 Å². The highest BCUT2D eigenvalue weighted by Crippen LogP contribution is 2.40. The normalized spacial score (nSPS) is 16.5. The van der Waals surface area contributed by atoms with Crippen molar-refractivity contribution in [2.75, 3.05) is 98.9 Å². The standard InChI is InChI=1S/C50H62Cl4N4O10S2/c1-57-31-44(42-27-37(51)29-48(53)46(42)33-57)35-6-11-40(12-7-35)69(61,62)26-4-19-66-23-24-67-20-16-55-50(60)15-10-39(59)5-3-18-65-22-25-68-21-17-56-70(63,64)41-13-8-36(9-14-41)45-32-58(2)34-47-43(45)28-38(52)30-49(47)54/h6-9,11-14,27-30,44-45,56H,3-5,10,15-26,31-34H2,1-2H3,(H,55,60). The summed E-state index contributed by atoms with van der Waals surface area (Å²) in [5.74, 6) is -0.313. The zero-order valence-corrected chi connectivity index (χ0v) is 44.2. The van der Waals surface area contributed by atoms with Crippen molar-refractivity contribution in [3.63, 3.8) is 0 Å². The lowest BCUT2D eigenvalue weighted by Gasteiger charge is -2.33. The first-order valence-electron chi connectivity index (χ1n) is 23.3. The summed E-state index contributed by atoms with van der Waals surface area (Å²) in [7, 11) is -3.19. The number of amides is 1. The van der Waals surface area contributed by atoms with Crippen molar-refractivity contribution in [2.45, 2.75) is 66.8 Å². The van der Waals surface area contributed by atoms with Crippen LogP contribution in [0.4, 0.5) is 0 Å². The number of nitrogens with zero attached hydrogens (tertiary/aromatic N) is 2. The Kier molecular flexibility index (Phi) is 21.8. The Balaban J connectivity index is 0.727. The van der Waals surface area contributed by atoms with Crippen molar-refractivity contribution in [3.8, 4) is 0 Å². The lowest BCUT2D eigenvalue weighted by Crippen LogP contribution is -2.31. The molecule has 0 bridgehead atoms. The summed E-state index contributed by atoms with van der Waals surface area (Å²) in [4.78, 5) is 29.3. The number of likely N-dealkylation sites (N-methyl/N-ethyl adjacent to an activating group) is 2. The van der Waals surface area contributed by atoms with Gasteiger partial charge in [0, 0.05) is 104 Å². The topological polar surface area (TPSA) is 170 Å². The van der Waals surface area contributed by atoms with E-state index in [2.05, 4.69) is 19.8 Å². The summed E-state index contributed by atoms with van der Waals surface area (Å²) in [5.41, 5.74) is 6.13. The number of ketones is 1. The average molecular weight is 1090 g/mol. The number of nitrogens with one attached hydrogen (secondary N) is 2. The molecule has 0 saturated heterocycles. The molecule has 2 unspecified atom stereocenters. The number of benzene rings is 4. The van der Waals surface area contributed by atoms with Crippen LogP contribution in [0.25, 0.3) is 0 Å². The first kappa shape index (κ1) is 56.1. The number of rotatable bonds is 28. The van der Waals surface area contributed by atoms with E-state index in [-0.39, 0.29) is 111 Å². The third kappa shape index (κ3) is 16.7. The number of Topliss-reactive ketones (excluding diaryl/α,β-unsaturated/α-hetero) is 1. The predicted octanol–water partition coefficient (Wildman–Crippen LogP) is 7.91. The van der Waals surface area contributed by atoms with Crippen molar-refractivity contribution in [2.24, 2.45) is 0 Å². The van der Waals surface area contributed by atoms with Gasteiger partial charge in [0.1, 0.15) is 5.78 Å². The first-order chi connectivity index (χ1) is 33.5. The molecule has 4 aromatic rings. The maximum atomic E-state index is 13.0. The molecule has 0 radical (unpaired) electrons. The highest BCUT2D eigenvalue weighted by Gasteiger charge is 2.29. The van der Waals surface area contributed by atoms with Gasteiger partial charge in [-0.1, -0.05) is 70.7 Å². The van der Waals surface area contributed by atoms with E-state index in [4.69, 9.17) is 65.4 Å². The maximum absolute atomic E-state index is 13.0. The lowest BCUT2D eigenvalue weighted by molar-refractivity contribution is -0.125. The summed E-state index contributed by atoms with van der Waals surface area (Å²) in [6.07, 6.45) is 1.33. The molecule has 0 aromatic heterocycles. The number of carbonyl (C=O) groups is 2. The highest BCUT2D eigenvalue weighted by molar-refractivity contribution is 7.91. The molecule has 14 nitrogen and oxygen atoms in total. The fourth-order valence-electron chi connectivity index (χ4n) is 8.59. The minimum absolute atomic E-state index is 0.000453. The van der Waals surface area contributed by atoms with E-state index >= 15 is 0 Å². The molecule has 382 valence electrons. The van der Waals surface area contributed by atoms with Gasteiger partial charge in [-0.3, -0.25) is 9.59 Å². The molecular formula is C50H62Cl4N4O10S2. The number of fused-ring (bicyclic) bond motifs is 2. The Hall–Kier alpha value is -3.20. The average Bonchev–Trinajstić information content (AvgIpc) is 3.32. The van der Waals surface area contributed by atoms with Crippen LogP contribution in [-0.2, 0) is 61.5 Å². The molecule has 0 saturated carbocycles.